The summed E-state index contributed by atoms with van der Waals surface area (Å²) in [6.07, 6.45) is 1.47. The lowest BCUT2D eigenvalue weighted by Gasteiger charge is -2.15. The molecule has 1 aromatic rings. The number of hydrogen-bond donors (Lipinski definition) is 1. The van der Waals surface area contributed by atoms with Gasteiger partial charge in [0.15, 0.2) is 0 Å². The second kappa shape index (κ2) is 7.88. The molecule has 3 heteroatoms. The van der Waals surface area contributed by atoms with Crippen LogP contribution in [0.4, 0.5) is 5.69 Å². The fraction of sp³-hybridized carbons (Fsp3) is 0.533. The van der Waals surface area contributed by atoms with Crippen molar-refractivity contribution in [1.29, 1.82) is 0 Å². The van der Waals surface area contributed by atoms with Gasteiger partial charge in [0.25, 0.3) is 0 Å². The van der Waals surface area contributed by atoms with Crippen LogP contribution in [-0.4, -0.2) is 19.1 Å². The predicted molar refractivity (Wildman–Crippen MR) is 74.9 cm³/mol. The predicted octanol–water partition coefficient (Wildman–Crippen LogP) is 3.57. The molecule has 1 aromatic carbocycles. The Kier molecular flexibility index (Phi) is 6.44. The SMILES string of the molecule is CCOCCC(=O)Nc1ccccc1[C@@H](C)CC. The molecular weight excluding hydrogens is 226 g/mol. The maximum atomic E-state index is 11.8. The molecule has 0 aromatic heterocycles. The summed E-state index contributed by atoms with van der Waals surface area (Å²) in [6, 6.07) is 7.99. The molecule has 0 spiro atoms. The number of nitrogens with one attached hydrogen (secondary N) is 1. The molecule has 0 fully saturated rings. The Bertz CT molecular complexity index is 377. The summed E-state index contributed by atoms with van der Waals surface area (Å²) in [5, 5.41) is 2.97. The molecule has 0 saturated carbocycles. The van der Waals surface area contributed by atoms with Crippen molar-refractivity contribution in [2.75, 3.05) is 18.5 Å². The molecule has 0 saturated heterocycles. The second-order valence-corrected chi connectivity index (χ2v) is 4.39. The van der Waals surface area contributed by atoms with Crippen molar-refractivity contribution in [3.05, 3.63) is 29.8 Å². The average molecular weight is 249 g/mol. The van der Waals surface area contributed by atoms with Crippen LogP contribution in [0, 0.1) is 0 Å². The van der Waals surface area contributed by atoms with Crippen LogP contribution in [0.3, 0.4) is 0 Å². The van der Waals surface area contributed by atoms with Crippen molar-refractivity contribution in [2.45, 2.75) is 39.5 Å². The number of amides is 1. The Morgan fingerprint density at radius 3 is 2.72 bits per heavy atom. The van der Waals surface area contributed by atoms with Gasteiger partial charge in [0.1, 0.15) is 0 Å². The zero-order valence-electron chi connectivity index (χ0n) is 11.5. The van der Waals surface area contributed by atoms with Crippen LogP contribution in [0.2, 0.25) is 0 Å². The van der Waals surface area contributed by atoms with Gasteiger partial charge in [0.05, 0.1) is 13.0 Å². The lowest BCUT2D eigenvalue weighted by molar-refractivity contribution is -0.117. The molecule has 0 aliphatic heterocycles. The van der Waals surface area contributed by atoms with E-state index in [1.807, 2.05) is 25.1 Å². The van der Waals surface area contributed by atoms with Crippen LogP contribution >= 0.6 is 0 Å². The minimum absolute atomic E-state index is 0.0132. The highest BCUT2D eigenvalue weighted by atomic mass is 16.5. The summed E-state index contributed by atoms with van der Waals surface area (Å²) in [6.45, 7) is 7.38. The summed E-state index contributed by atoms with van der Waals surface area (Å²) in [7, 11) is 0. The van der Waals surface area contributed by atoms with E-state index in [1.54, 1.807) is 0 Å². The van der Waals surface area contributed by atoms with E-state index in [-0.39, 0.29) is 5.91 Å². The Hall–Kier alpha value is -1.35. The van der Waals surface area contributed by atoms with Crippen molar-refractivity contribution in [3.63, 3.8) is 0 Å². The number of carbonyl (C=O) groups excluding carboxylic acids is 1. The molecule has 0 aliphatic carbocycles. The molecule has 1 atom stereocenters. The highest BCUT2D eigenvalue weighted by Crippen LogP contribution is 2.26. The Labute approximate surface area is 110 Å². The standard InChI is InChI=1S/C15H23NO2/c1-4-12(3)13-8-6-7-9-14(13)16-15(17)10-11-18-5-2/h6-9,12H,4-5,10-11H2,1-3H3,(H,16,17)/t12-/m0/s1. The third kappa shape index (κ3) is 4.49. The Morgan fingerprint density at radius 1 is 1.33 bits per heavy atom. The number of ether oxygens (including phenoxy) is 1. The highest BCUT2D eigenvalue weighted by molar-refractivity contribution is 5.91. The van der Waals surface area contributed by atoms with E-state index in [0.717, 1.165) is 12.1 Å². The van der Waals surface area contributed by atoms with Gasteiger partial charge in [-0.05, 0) is 30.9 Å². The van der Waals surface area contributed by atoms with Crippen molar-refractivity contribution in [3.8, 4) is 0 Å². The van der Waals surface area contributed by atoms with Gasteiger partial charge in [0.2, 0.25) is 5.91 Å². The number of rotatable bonds is 7. The number of carbonyl (C=O) groups is 1. The fourth-order valence-corrected chi connectivity index (χ4v) is 1.78. The monoisotopic (exact) mass is 249 g/mol. The number of hydrogen-bond acceptors (Lipinski definition) is 2. The molecular formula is C15H23NO2. The van der Waals surface area contributed by atoms with Crippen molar-refractivity contribution in [2.24, 2.45) is 0 Å². The molecule has 1 amide bonds. The molecule has 0 bridgehead atoms. The Morgan fingerprint density at radius 2 is 2.06 bits per heavy atom. The van der Waals surface area contributed by atoms with Crippen LogP contribution < -0.4 is 5.32 Å². The highest BCUT2D eigenvalue weighted by Gasteiger charge is 2.10. The summed E-state index contributed by atoms with van der Waals surface area (Å²) in [4.78, 5) is 11.8. The van der Waals surface area contributed by atoms with Crippen LogP contribution in [-0.2, 0) is 9.53 Å². The number of benzene rings is 1. The minimum atomic E-state index is 0.0132. The fourth-order valence-electron chi connectivity index (χ4n) is 1.78. The average Bonchev–Trinajstić information content (AvgIpc) is 2.39. The molecule has 1 N–H and O–H groups in total. The molecule has 0 aliphatic rings. The van der Waals surface area contributed by atoms with E-state index in [2.05, 4.69) is 25.2 Å². The van der Waals surface area contributed by atoms with E-state index >= 15 is 0 Å². The first kappa shape index (κ1) is 14.7. The van der Waals surface area contributed by atoms with E-state index in [0.29, 0.717) is 25.6 Å². The number of anilines is 1. The molecule has 3 nitrogen and oxygen atoms in total. The first-order chi connectivity index (χ1) is 8.69. The minimum Gasteiger partial charge on any atom is -0.381 e. The quantitative estimate of drug-likeness (QED) is 0.750. The molecule has 100 valence electrons. The summed E-state index contributed by atoms with van der Waals surface area (Å²) < 4.78 is 5.18. The smallest absolute Gasteiger partial charge is 0.226 e. The van der Waals surface area contributed by atoms with Gasteiger partial charge in [-0.15, -0.1) is 0 Å². The molecule has 0 radical (unpaired) electrons. The van der Waals surface area contributed by atoms with E-state index in [1.165, 1.54) is 5.56 Å². The first-order valence-electron chi connectivity index (χ1n) is 6.65. The summed E-state index contributed by atoms with van der Waals surface area (Å²) in [5.41, 5.74) is 2.12. The van der Waals surface area contributed by atoms with Gasteiger partial charge < -0.3 is 10.1 Å². The lowest BCUT2D eigenvalue weighted by atomic mass is 9.97. The third-order valence-electron chi connectivity index (χ3n) is 3.06. The molecule has 1 rings (SSSR count). The van der Waals surface area contributed by atoms with Crippen molar-refractivity contribution >= 4 is 11.6 Å². The van der Waals surface area contributed by atoms with Gasteiger partial charge in [-0.3, -0.25) is 4.79 Å². The summed E-state index contributed by atoms with van der Waals surface area (Å²) >= 11 is 0. The van der Waals surface area contributed by atoms with Gasteiger partial charge in [-0.25, -0.2) is 0 Å². The molecule has 18 heavy (non-hydrogen) atoms. The van der Waals surface area contributed by atoms with Gasteiger partial charge in [-0.2, -0.15) is 0 Å². The van der Waals surface area contributed by atoms with E-state index in [9.17, 15) is 4.79 Å². The van der Waals surface area contributed by atoms with Gasteiger partial charge in [-0.1, -0.05) is 32.0 Å². The van der Waals surface area contributed by atoms with Crippen LogP contribution in [0.25, 0.3) is 0 Å². The zero-order valence-corrected chi connectivity index (χ0v) is 11.5. The molecule has 0 unspecified atom stereocenters. The molecule has 0 heterocycles. The second-order valence-electron chi connectivity index (χ2n) is 4.39. The van der Waals surface area contributed by atoms with Gasteiger partial charge >= 0.3 is 0 Å². The first-order valence-corrected chi connectivity index (χ1v) is 6.65. The maximum Gasteiger partial charge on any atom is 0.226 e. The van der Waals surface area contributed by atoms with Crippen LogP contribution in [0.5, 0.6) is 0 Å². The maximum absolute atomic E-state index is 11.8. The zero-order chi connectivity index (χ0) is 13.4. The van der Waals surface area contributed by atoms with Crippen LogP contribution in [0.15, 0.2) is 24.3 Å². The van der Waals surface area contributed by atoms with E-state index in [4.69, 9.17) is 4.74 Å². The third-order valence-corrected chi connectivity index (χ3v) is 3.06. The lowest BCUT2D eigenvalue weighted by Crippen LogP contribution is -2.15. The van der Waals surface area contributed by atoms with Crippen LogP contribution in [0.1, 0.15) is 45.1 Å². The van der Waals surface area contributed by atoms with Gasteiger partial charge in [0, 0.05) is 12.3 Å². The van der Waals surface area contributed by atoms with Crippen molar-refractivity contribution < 1.29 is 9.53 Å². The summed E-state index contributed by atoms with van der Waals surface area (Å²) in [5.74, 6) is 0.465. The largest absolute Gasteiger partial charge is 0.381 e. The normalized spacial score (nSPS) is 12.2. The van der Waals surface area contributed by atoms with Crippen molar-refractivity contribution in [1.82, 2.24) is 0 Å². The number of para-hydroxylation sites is 1. The Balaban J connectivity index is 2.63. The topological polar surface area (TPSA) is 38.3 Å². The van der Waals surface area contributed by atoms with E-state index < -0.39 is 0 Å².